The number of alkyl halides is 3. The van der Waals surface area contributed by atoms with E-state index >= 15 is 0 Å². The minimum absolute atomic E-state index is 0.0817. The fourth-order valence-corrected chi connectivity index (χ4v) is 3.53. The zero-order chi connectivity index (χ0) is 25.7. The van der Waals surface area contributed by atoms with Crippen LogP contribution in [0.4, 0.5) is 13.2 Å². The highest BCUT2D eigenvalue weighted by Crippen LogP contribution is 2.29. The summed E-state index contributed by atoms with van der Waals surface area (Å²) in [5.74, 6) is -0.762. The summed E-state index contributed by atoms with van der Waals surface area (Å²) in [4.78, 5) is 41.1. The van der Waals surface area contributed by atoms with Gasteiger partial charge in [-0.3, -0.25) is 19.0 Å². The summed E-state index contributed by atoms with van der Waals surface area (Å²) >= 11 is 0. The van der Waals surface area contributed by atoms with Crippen molar-refractivity contribution >= 4 is 22.8 Å². The monoisotopic (exact) mass is 498 g/mol. The van der Waals surface area contributed by atoms with Gasteiger partial charge in [0.1, 0.15) is 11.7 Å². The van der Waals surface area contributed by atoms with E-state index in [4.69, 9.17) is 0 Å². The highest BCUT2D eigenvalue weighted by molar-refractivity contribution is 5.96. The third kappa shape index (κ3) is 5.77. The molecule has 0 aliphatic carbocycles. The Morgan fingerprint density at radius 2 is 1.78 bits per heavy atom. The lowest BCUT2D eigenvalue weighted by Gasteiger charge is -2.10. The first kappa shape index (κ1) is 24.6. The van der Waals surface area contributed by atoms with Crippen molar-refractivity contribution in [2.45, 2.75) is 19.3 Å². The smallest absolute Gasteiger partial charge is 0.353 e. The van der Waals surface area contributed by atoms with Crippen molar-refractivity contribution in [3.63, 3.8) is 0 Å². The number of carbonyl (C=O) groups is 2. The summed E-state index contributed by atoms with van der Waals surface area (Å²) in [5.41, 5.74) is -0.208. The first-order valence-electron chi connectivity index (χ1n) is 10.9. The molecule has 0 saturated carbocycles. The molecule has 36 heavy (non-hydrogen) atoms. The van der Waals surface area contributed by atoms with E-state index in [1.54, 1.807) is 30.3 Å². The Kier molecular flexibility index (Phi) is 7.13. The van der Waals surface area contributed by atoms with Crippen molar-refractivity contribution in [3.05, 3.63) is 94.2 Å². The number of aromatic nitrogens is 4. The van der Waals surface area contributed by atoms with Gasteiger partial charge in [-0.1, -0.05) is 30.3 Å². The number of nitrogens with zero attached hydrogens (tertiary/aromatic N) is 4. The zero-order valence-electron chi connectivity index (χ0n) is 18.8. The van der Waals surface area contributed by atoms with E-state index in [9.17, 15) is 27.6 Å². The number of rotatable bonds is 8. The van der Waals surface area contributed by atoms with Crippen LogP contribution >= 0.6 is 0 Å². The number of benzene rings is 2. The molecule has 0 aliphatic rings. The maximum Gasteiger partial charge on any atom is 0.416 e. The molecule has 4 rings (SSSR count). The van der Waals surface area contributed by atoms with Gasteiger partial charge in [-0.25, -0.2) is 9.67 Å². The zero-order valence-corrected chi connectivity index (χ0v) is 18.8. The molecule has 4 aromatic rings. The Morgan fingerprint density at radius 1 is 1.00 bits per heavy atom. The van der Waals surface area contributed by atoms with Gasteiger partial charge in [0, 0.05) is 12.1 Å². The van der Waals surface area contributed by atoms with Crippen LogP contribution in [-0.4, -0.2) is 44.2 Å². The lowest BCUT2D eigenvalue weighted by molar-refractivity contribution is -0.137. The number of hydrogen-bond acceptors (Lipinski definition) is 5. The second-order valence-electron chi connectivity index (χ2n) is 7.88. The molecule has 12 heteroatoms. The van der Waals surface area contributed by atoms with Gasteiger partial charge in [0.05, 0.1) is 31.4 Å². The van der Waals surface area contributed by atoms with Crippen molar-refractivity contribution in [1.82, 2.24) is 30.0 Å². The normalized spacial score (nSPS) is 11.4. The topological polar surface area (TPSA) is 111 Å². The van der Waals surface area contributed by atoms with Gasteiger partial charge in [-0.15, -0.1) is 0 Å². The van der Waals surface area contributed by atoms with Crippen LogP contribution < -0.4 is 16.2 Å². The molecule has 0 bridgehead atoms. The van der Waals surface area contributed by atoms with Gasteiger partial charge < -0.3 is 10.6 Å². The number of nitrogens with one attached hydrogen (secondary N) is 2. The van der Waals surface area contributed by atoms with Gasteiger partial charge in [-0.05, 0) is 29.8 Å². The van der Waals surface area contributed by atoms with E-state index in [2.05, 4.69) is 20.7 Å². The molecule has 186 valence electrons. The Hall–Kier alpha value is -4.48. The average Bonchev–Trinajstić information content (AvgIpc) is 3.28. The van der Waals surface area contributed by atoms with Gasteiger partial charge in [0.2, 0.25) is 5.91 Å². The summed E-state index contributed by atoms with van der Waals surface area (Å²) < 4.78 is 41.5. The molecule has 2 aromatic carbocycles. The molecule has 2 heterocycles. The maximum atomic E-state index is 13.0. The SMILES string of the molecule is O=C(CNC(=O)c1ccccc1)NCCn1ncc2c(=O)n(Cc3cccc(C(F)(F)F)c3)cnc21. The lowest BCUT2D eigenvalue weighted by Crippen LogP contribution is -2.38. The molecule has 2 amide bonds. The van der Waals surface area contributed by atoms with Crippen molar-refractivity contribution in [2.75, 3.05) is 13.1 Å². The van der Waals surface area contributed by atoms with E-state index < -0.39 is 23.2 Å². The van der Waals surface area contributed by atoms with Crippen LogP contribution in [0.2, 0.25) is 0 Å². The van der Waals surface area contributed by atoms with Crippen LogP contribution in [0.3, 0.4) is 0 Å². The number of halogens is 3. The van der Waals surface area contributed by atoms with E-state index in [1.165, 1.54) is 33.9 Å². The predicted molar refractivity (Wildman–Crippen MR) is 124 cm³/mol. The summed E-state index contributed by atoms with van der Waals surface area (Å²) in [6.07, 6.45) is -1.90. The largest absolute Gasteiger partial charge is 0.416 e. The summed E-state index contributed by atoms with van der Waals surface area (Å²) in [7, 11) is 0. The maximum absolute atomic E-state index is 13.0. The molecule has 0 atom stereocenters. The number of carbonyl (C=O) groups excluding carboxylic acids is 2. The molecule has 2 N–H and O–H groups in total. The Labute approximate surface area is 202 Å². The molecule has 0 spiro atoms. The molecule has 2 aromatic heterocycles. The quantitative estimate of drug-likeness (QED) is 0.387. The average molecular weight is 498 g/mol. The van der Waals surface area contributed by atoms with Crippen LogP contribution in [0.25, 0.3) is 11.0 Å². The second-order valence-corrected chi connectivity index (χ2v) is 7.88. The van der Waals surface area contributed by atoms with Crippen LogP contribution in [0, 0.1) is 0 Å². The Bertz CT molecular complexity index is 1450. The molecule has 9 nitrogen and oxygen atoms in total. The standard InChI is InChI=1S/C24H21F3N6O3/c25-24(26,27)18-8-4-5-16(11-18)14-32-15-30-21-19(23(32)36)12-31-33(21)10-9-28-20(34)13-29-22(35)17-6-2-1-3-7-17/h1-8,11-12,15H,9-10,13-14H2,(H,28,34)(H,29,35). The minimum Gasteiger partial charge on any atom is -0.353 e. The van der Waals surface area contributed by atoms with E-state index in [0.29, 0.717) is 11.1 Å². The van der Waals surface area contributed by atoms with Crippen LogP contribution in [0.15, 0.2) is 71.9 Å². The highest BCUT2D eigenvalue weighted by atomic mass is 19.4. The third-order valence-electron chi connectivity index (χ3n) is 5.32. The molecule has 0 fully saturated rings. The summed E-state index contributed by atoms with van der Waals surface area (Å²) in [6, 6.07) is 13.2. The van der Waals surface area contributed by atoms with Gasteiger partial charge in [0.15, 0.2) is 5.65 Å². The van der Waals surface area contributed by atoms with Crippen molar-refractivity contribution in [2.24, 2.45) is 0 Å². The Balaban J connectivity index is 1.35. The van der Waals surface area contributed by atoms with Crippen molar-refractivity contribution < 1.29 is 22.8 Å². The van der Waals surface area contributed by atoms with Gasteiger partial charge >= 0.3 is 6.18 Å². The minimum atomic E-state index is -4.48. The molecule has 0 saturated heterocycles. The first-order chi connectivity index (χ1) is 17.2. The fourth-order valence-electron chi connectivity index (χ4n) is 3.53. The van der Waals surface area contributed by atoms with Crippen molar-refractivity contribution in [1.29, 1.82) is 0 Å². The van der Waals surface area contributed by atoms with Crippen molar-refractivity contribution in [3.8, 4) is 0 Å². The van der Waals surface area contributed by atoms with Crippen LogP contribution in [-0.2, 0) is 24.1 Å². The first-order valence-corrected chi connectivity index (χ1v) is 10.9. The van der Waals surface area contributed by atoms with Gasteiger partial charge in [0.25, 0.3) is 11.5 Å². The van der Waals surface area contributed by atoms with E-state index in [-0.39, 0.29) is 43.1 Å². The fraction of sp³-hybridized carbons (Fsp3) is 0.208. The van der Waals surface area contributed by atoms with Crippen LogP contribution in [0.1, 0.15) is 21.5 Å². The number of hydrogen-bond donors (Lipinski definition) is 2. The summed E-state index contributed by atoms with van der Waals surface area (Å²) in [5, 5.41) is 9.51. The lowest BCUT2D eigenvalue weighted by atomic mass is 10.1. The highest BCUT2D eigenvalue weighted by Gasteiger charge is 2.30. The predicted octanol–water partition coefficient (Wildman–Crippen LogP) is 2.21. The molecular weight excluding hydrogens is 477 g/mol. The number of amides is 2. The van der Waals surface area contributed by atoms with Crippen LogP contribution in [0.5, 0.6) is 0 Å². The number of fused-ring (bicyclic) bond motifs is 1. The molecular formula is C24H21F3N6O3. The molecule has 0 radical (unpaired) electrons. The van der Waals surface area contributed by atoms with E-state index in [0.717, 1.165) is 12.1 Å². The van der Waals surface area contributed by atoms with Gasteiger partial charge in [-0.2, -0.15) is 18.3 Å². The summed E-state index contributed by atoms with van der Waals surface area (Å²) in [6.45, 7) is 0.103. The third-order valence-corrected chi connectivity index (χ3v) is 5.32. The molecule has 0 aliphatic heterocycles. The molecule has 0 unspecified atom stereocenters. The Morgan fingerprint density at radius 3 is 2.53 bits per heavy atom. The second kappa shape index (κ2) is 10.4. The van der Waals surface area contributed by atoms with E-state index in [1.807, 2.05) is 0 Å².